The van der Waals surface area contributed by atoms with E-state index in [4.69, 9.17) is 17.7 Å². The van der Waals surface area contributed by atoms with Crippen LogP contribution in [0.4, 0.5) is 0 Å². The Morgan fingerprint density at radius 2 is 2.36 bits per heavy atom. The van der Waals surface area contributed by atoms with E-state index in [1.807, 2.05) is 18.5 Å². The first-order chi connectivity index (χ1) is 5.16. The Balaban J connectivity index is 2.98. The Labute approximate surface area is 70.9 Å². The van der Waals surface area contributed by atoms with Gasteiger partial charge in [0.2, 0.25) is 5.82 Å². The molecule has 1 aromatic heterocycles. The Kier molecular flexibility index (Phi) is 2.41. The normalized spacial score (nSPS) is 10.5. The molecule has 0 unspecified atom stereocenters. The van der Waals surface area contributed by atoms with Crippen molar-refractivity contribution in [2.45, 2.75) is 18.6 Å². The molecule has 1 aromatic rings. The van der Waals surface area contributed by atoms with Crippen molar-refractivity contribution in [2.75, 3.05) is 6.61 Å². The van der Waals surface area contributed by atoms with Crippen molar-refractivity contribution in [3.63, 3.8) is 0 Å². The lowest BCUT2D eigenvalue weighted by Gasteiger charge is -1.93. The molecule has 1 rings (SSSR count). The van der Waals surface area contributed by atoms with E-state index < -0.39 is 0 Å². The van der Waals surface area contributed by atoms with Gasteiger partial charge in [-0.25, -0.2) is 0 Å². The van der Waals surface area contributed by atoms with Crippen molar-refractivity contribution in [2.24, 2.45) is 7.05 Å². The van der Waals surface area contributed by atoms with Gasteiger partial charge in [-0.2, -0.15) is 0 Å². The fourth-order valence-electron chi connectivity index (χ4n) is 0.861. The minimum Gasteiger partial charge on any atom is -0.703 e. The summed E-state index contributed by atoms with van der Waals surface area (Å²) in [5.41, 5.74) is 0. The third-order valence-electron chi connectivity index (χ3n) is 1.66. The Bertz CT molecular complexity index is 259. The second-order valence-corrected chi connectivity index (χ2v) is 2.70. The Morgan fingerprint density at radius 1 is 1.73 bits per heavy atom. The SMILES string of the molecule is Cc1n(CCO)nc([S-])[n+]1C. The van der Waals surface area contributed by atoms with Crippen LogP contribution in [0.5, 0.6) is 0 Å². The highest BCUT2D eigenvalue weighted by atomic mass is 32.1. The summed E-state index contributed by atoms with van der Waals surface area (Å²) in [7, 11) is 1.86. The van der Waals surface area contributed by atoms with Gasteiger partial charge in [0.05, 0.1) is 13.7 Å². The van der Waals surface area contributed by atoms with E-state index in [-0.39, 0.29) is 6.61 Å². The minimum absolute atomic E-state index is 0.0945. The van der Waals surface area contributed by atoms with Crippen LogP contribution in [0.3, 0.4) is 0 Å². The summed E-state index contributed by atoms with van der Waals surface area (Å²) in [6.45, 7) is 2.52. The molecule has 0 aliphatic heterocycles. The van der Waals surface area contributed by atoms with E-state index in [1.54, 1.807) is 4.68 Å². The van der Waals surface area contributed by atoms with Crippen LogP contribution >= 0.6 is 0 Å². The van der Waals surface area contributed by atoms with E-state index in [0.717, 1.165) is 5.82 Å². The van der Waals surface area contributed by atoms with Gasteiger partial charge >= 0.3 is 0 Å². The second kappa shape index (κ2) is 3.15. The average Bonchev–Trinajstić information content (AvgIpc) is 2.19. The summed E-state index contributed by atoms with van der Waals surface area (Å²) in [4.78, 5) is 0. The van der Waals surface area contributed by atoms with Gasteiger partial charge in [-0.15, -0.1) is 4.68 Å². The molecule has 1 heterocycles. The van der Waals surface area contributed by atoms with Gasteiger partial charge in [0.1, 0.15) is 6.54 Å². The molecule has 5 heteroatoms. The monoisotopic (exact) mass is 173 g/mol. The maximum atomic E-state index is 8.64. The molecule has 0 fully saturated rings. The molecule has 4 nitrogen and oxygen atoms in total. The molecule has 0 amide bonds. The van der Waals surface area contributed by atoms with Crippen molar-refractivity contribution in [1.82, 2.24) is 9.78 Å². The smallest absolute Gasteiger partial charge is 0.231 e. The number of rotatable bonds is 2. The van der Waals surface area contributed by atoms with Crippen LogP contribution in [0, 0.1) is 6.92 Å². The molecule has 0 radical (unpaired) electrons. The van der Waals surface area contributed by atoms with Crippen molar-refractivity contribution < 1.29 is 9.67 Å². The molecule has 0 atom stereocenters. The van der Waals surface area contributed by atoms with Gasteiger partial charge in [-0.05, 0) is 0 Å². The van der Waals surface area contributed by atoms with Crippen LogP contribution in [0.1, 0.15) is 5.82 Å². The molecule has 0 aliphatic rings. The molecule has 0 spiro atoms. The summed E-state index contributed by atoms with van der Waals surface area (Å²) in [6, 6.07) is 0. The fourth-order valence-corrected chi connectivity index (χ4v) is 1.09. The third-order valence-corrected chi connectivity index (χ3v) is 2.02. The predicted molar refractivity (Wildman–Crippen MR) is 40.9 cm³/mol. The molecule has 0 saturated heterocycles. The highest BCUT2D eigenvalue weighted by Gasteiger charge is 2.10. The van der Waals surface area contributed by atoms with Crippen molar-refractivity contribution in [1.29, 1.82) is 0 Å². The Morgan fingerprint density at radius 3 is 2.73 bits per heavy atom. The lowest BCUT2D eigenvalue weighted by atomic mass is 10.6. The molecule has 1 N–H and O–H groups in total. The number of hydrogen-bond acceptors (Lipinski definition) is 3. The zero-order valence-electron chi connectivity index (χ0n) is 6.61. The molecule has 62 valence electrons. The second-order valence-electron chi connectivity index (χ2n) is 2.34. The van der Waals surface area contributed by atoms with Gasteiger partial charge in [0.15, 0.2) is 5.16 Å². The van der Waals surface area contributed by atoms with Crippen molar-refractivity contribution in [3.8, 4) is 0 Å². The number of aromatic nitrogens is 3. The Hall–Kier alpha value is -0.680. The van der Waals surface area contributed by atoms with Gasteiger partial charge in [0, 0.05) is 12.0 Å². The largest absolute Gasteiger partial charge is 0.703 e. The molecule has 0 bridgehead atoms. The van der Waals surface area contributed by atoms with Gasteiger partial charge < -0.3 is 17.7 Å². The molecule has 0 saturated carbocycles. The van der Waals surface area contributed by atoms with Crippen LogP contribution in [-0.4, -0.2) is 21.5 Å². The summed E-state index contributed by atoms with van der Waals surface area (Å²) in [6.07, 6.45) is 0. The summed E-state index contributed by atoms with van der Waals surface area (Å²) < 4.78 is 3.51. The van der Waals surface area contributed by atoms with Crippen LogP contribution in [0.25, 0.3) is 0 Å². The summed E-state index contributed by atoms with van der Waals surface area (Å²) in [5.74, 6) is 0.962. The summed E-state index contributed by atoms with van der Waals surface area (Å²) in [5, 5.41) is 13.2. The quantitative estimate of drug-likeness (QED) is 0.456. The van der Waals surface area contributed by atoms with Crippen LogP contribution in [0.15, 0.2) is 5.16 Å². The lowest BCUT2D eigenvalue weighted by molar-refractivity contribution is -0.715. The van der Waals surface area contributed by atoms with Crippen molar-refractivity contribution in [3.05, 3.63) is 5.82 Å². The lowest BCUT2D eigenvalue weighted by Crippen LogP contribution is -2.33. The molecular weight excluding hydrogens is 162 g/mol. The maximum Gasteiger partial charge on any atom is 0.231 e. The topological polar surface area (TPSA) is 41.9 Å². The number of aliphatic hydroxyl groups is 1. The van der Waals surface area contributed by atoms with E-state index >= 15 is 0 Å². The molecule has 0 aliphatic carbocycles. The maximum absolute atomic E-state index is 8.64. The third kappa shape index (κ3) is 1.49. The standard InChI is InChI=1S/C6H11N3OS/c1-5-8(2)6(11)7-9(5)3-4-10/h10H,3-4H2,1-2H3. The number of aliphatic hydroxyl groups excluding tert-OH is 1. The predicted octanol–water partition coefficient (Wildman–Crippen LogP) is -1.09. The molecule has 0 aromatic carbocycles. The van der Waals surface area contributed by atoms with E-state index in [2.05, 4.69) is 5.10 Å². The average molecular weight is 173 g/mol. The van der Waals surface area contributed by atoms with Gasteiger partial charge in [-0.3, -0.25) is 4.57 Å². The minimum atomic E-state index is 0.0945. The molecule has 11 heavy (non-hydrogen) atoms. The van der Waals surface area contributed by atoms with E-state index in [1.165, 1.54) is 0 Å². The van der Waals surface area contributed by atoms with Gasteiger partial charge in [0.25, 0.3) is 0 Å². The number of nitrogens with zero attached hydrogens (tertiary/aromatic N) is 3. The number of hydrogen-bond donors (Lipinski definition) is 1. The van der Waals surface area contributed by atoms with Crippen LogP contribution < -0.4 is 4.57 Å². The first-order valence-corrected chi connectivity index (χ1v) is 3.79. The molecular formula is C6H11N3OS. The van der Waals surface area contributed by atoms with Gasteiger partial charge in [-0.1, -0.05) is 0 Å². The van der Waals surface area contributed by atoms with Crippen LogP contribution in [0.2, 0.25) is 0 Å². The highest BCUT2D eigenvalue weighted by Crippen LogP contribution is 1.91. The zero-order chi connectivity index (χ0) is 8.43. The fraction of sp³-hybridized carbons (Fsp3) is 0.667. The summed E-state index contributed by atoms with van der Waals surface area (Å²) >= 11 is 4.93. The van der Waals surface area contributed by atoms with E-state index in [9.17, 15) is 0 Å². The van der Waals surface area contributed by atoms with Crippen LogP contribution in [-0.2, 0) is 26.2 Å². The first-order valence-electron chi connectivity index (χ1n) is 3.38. The highest BCUT2D eigenvalue weighted by molar-refractivity contribution is 7.58. The van der Waals surface area contributed by atoms with E-state index in [0.29, 0.717) is 11.7 Å². The zero-order valence-corrected chi connectivity index (χ0v) is 7.43. The first kappa shape index (κ1) is 8.42. The van der Waals surface area contributed by atoms with Crippen molar-refractivity contribution >= 4 is 12.6 Å².